The minimum Gasteiger partial charge on any atom is -0.477 e. The third-order valence-corrected chi connectivity index (χ3v) is 2.79. The molecule has 19 heavy (non-hydrogen) atoms. The Hall–Kier alpha value is -2.89. The summed E-state index contributed by atoms with van der Waals surface area (Å²) < 4.78 is 5.36. The molecular weight excluding hydrogens is 250 g/mol. The number of rotatable bonds is 1. The summed E-state index contributed by atoms with van der Waals surface area (Å²) in [5, 5.41) is 9.16. The Balaban J connectivity index is 2.59. The number of aromatic amines is 1. The molecule has 0 unspecified atom stereocenters. The first kappa shape index (κ1) is 11.2. The van der Waals surface area contributed by atoms with Crippen LogP contribution in [0.4, 0.5) is 0 Å². The summed E-state index contributed by atoms with van der Waals surface area (Å²) in [5.74, 6) is -1.31. The molecular formula is C13H7NO5. The molecule has 2 aromatic heterocycles. The molecule has 0 saturated heterocycles. The number of hydrogen-bond acceptors (Lipinski definition) is 4. The number of carboxylic acids is 1. The maximum Gasteiger partial charge on any atom is 0.352 e. The topological polar surface area (TPSA) is 100 Å². The van der Waals surface area contributed by atoms with Gasteiger partial charge in [-0.3, -0.25) is 9.59 Å². The first-order valence-corrected chi connectivity index (χ1v) is 5.40. The lowest BCUT2D eigenvalue weighted by atomic mass is 10.2. The Morgan fingerprint density at radius 1 is 1.21 bits per heavy atom. The molecule has 2 N–H and O–H groups in total. The second-order valence-corrected chi connectivity index (χ2v) is 3.98. The Kier molecular flexibility index (Phi) is 2.25. The van der Waals surface area contributed by atoms with Crippen molar-refractivity contribution in [3.63, 3.8) is 0 Å². The molecule has 3 aromatic rings. The van der Waals surface area contributed by atoms with Crippen LogP contribution in [-0.4, -0.2) is 16.1 Å². The molecule has 0 fully saturated rings. The molecule has 6 nitrogen and oxygen atoms in total. The SMILES string of the molecule is O=C(O)c1cc(=O)c2oc3ccccc3c(=O)c2[nH]1. The zero-order valence-electron chi connectivity index (χ0n) is 9.47. The molecule has 2 heterocycles. The van der Waals surface area contributed by atoms with Crippen molar-refractivity contribution >= 4 is 28.0 Å². The molecule has 0 atom stereocenters. The van der Waals surface area contributed by atoms with Crippen LogP contribution in [0.25, 0.3) is 22.1 Å². The molecule has 1 aromatic carbocycles. The average Bonchev–Trinajstić information content (AvgIpc) is 2.40. The van der Waals surface area contributed by atoms with E-state index in [0.717, 1.165) is 6.07 Å². The molecule has 0 radical (unpaired) electrons. The van der Waals surface area contributed by atoms with Gasteiger partial charge in [-0.15, -0.1) is 0 Å². The molecule has 3 rings (SSSR count). The summed E-state index contributed by atoms with van der Waals surface area (Å²) in [6.07, 6.45) is 0. The summed E-state index contributed by atoms with van der Waals surface area (Å²) in [6, 6.07) is 7.34. The molecule has 6 heteroatoms. The number of carboxylic acid groups (broad SMARTS) is 1. The van der Waals surface area contributed by atoms with Gasteiger partial charge in [-0.1, -0.05) is 12.1 Å². The van der Waals surface area contributed by atoms with Gasteiger partial charge in [0.15, 0.2) is 0 Å². The monoisotopic (exact) mass is 257 g/mol. The lowest BCUT2D eigenvalue weighted by Gasteiger charge is -2.01. The zero-order chi connectivity index (χ0) is 13.6. The number of para-hydroxylation sites is 1. The summed E-state index contributed by atoms with van der Waals surface area (Å²) in [6.45, 7) is 0. The lowest BCUT2D eigenvalue weighted by Crippen LogP contribution is -2.15. The van der Waals surface area contributed by atoms with E-state index in [9.17, 15) is 14.4 Å². The van der Waals surface area contributed by atoms with E-state index < -0.39 is 16.8 Å². The lowest BCUT2D eigenvalue weighted by molar-refractivity contribution is 0.0691. The Morgan fingerprint density at radius 3 is 2.68 bits per heavy atom. The van der Waals surface area contributed by atoms with E-state index in [2.05, 4.69) is 4.98 Å². The highest BCUT2D eigenvalue weighted by Gasteiger charge is 2.14. The van der Waals surface area contributed by atoms with Crippen LogP contribution in [0.1, 0.15) is 10.5 Å². The van der Waals surface area contributed by atoms with E-state index in [1.54, 1.807) is 24.3 Å². The Bertz CT molecular complexity index is 935. The fourth-order valence-corrected chi connectivity index (χ4v) is 1.91. The number of fused-ring (bicyclic) bond motifs is 2. The maximum absolute atomic E-state index is 12.2. The molecule has 0 aliphatic carbocycles. The molecule has 0 saturated carbocycles. The largest absolute Gasteiger partial charge is 0.477 e. The van der Waals surface area contributed by atoms with Crippen LogP contribution < -0.4 is 10.9 Å². The number of aromatic carboxylic acids is 1. The first-order valence-electron chi connectivity index (χ1n) is 5.40. The zero-order valence-corrected chi connectivity index (χ0v) is 9.47. The van der Waals surface area contributed by atoms with E-state index in [1.165, 1.54) is 0 Å². The standard InChI is InChI=1S/C13H7NO5/c15-8-5-7(13(17)18)14-10-11(16)6-3-1-2-4-9(6)19-12(8)10/h1-5H,(H,14,15)(H,17,18). The van der Waals surface area contributed by atoms with Crippen molar-refractivity contribution in [1.82, 2.24) is 4.98 Å². The van der Waals surface area contributed by atoms with Gasteiger partial charge in [-0.25, -0.2) is 4.79 Å². The van der Waals surface area contributed by atoms with Crippen molar-refractivity contribution in [2.45, 2.75) is 0 Å². The maximum atomic E-state index is 12.2. The van der Waals surface area contributed by atoms with Crippen molar-refractivity contribution in [3.8, 4) is 0 Å². The molecule has 94 valence electrons. The second-order valence-electron chi connectivity index (χ2n) is 3.98. The fraction of sp³-hybridized carbons (Fsp3) is 0. The predicted molar refractivity (Wildman–Crippen MR) is 67.6 cm³/mol. The van der Waals surface area contributed by atoms with Gasteiger partial charge in [0.05, 0.1) is 5.39 Å². The quantitative estimate of drug-likeness (QED) is 0.640. The number of aromatic nitrogens is 1. The van der Waals surface area contributed by atoms with Gasteiger partial charge in [0.2, 0.25) is 16.4 Å². The van der Waals surface area contributed by atoms with Gasteiger partial charge in [0, 0.05) is 6.07 Å². The van der Waals surface area contributed by atoms with E-state index in [-0.39, 0.29) is 27.8 Å². The average molecular weight is 257 g/mol. The molecule has 0 bridgehead atoms. The van der Waals surface area contributed by atoms with Crippen LogP contribution in [0.2, 0.25) is 0 Å². The van der Waals surface area contributed by atoms with E-state index in [4.69, 9.17) is 9.52 Å². The smallest absolute Gasteiger partial charge is 0.352 e. The minimum atomic E-state index is -1.31. The highest BCUT2D eigenvalue weighted by atomic mass is 16.4. The van der Waals surface area contributed by atoms with E-state index >= 15 is 0 Å². The molecule has 0 aliphatic rings. The highest BCUT2D eigenvalue weighted by molar-refractivity contribution is 5.91. The number of hydrogen-bond donors (Lipinski definition) is 2. The van der Waals surface area contributed by atoms with Crippen LogP contribution in [-0.2, 0) is 0 Å². The summed E-state index contributed by atoms with van der Waals surface area (Å²) in [4.78, 5) is 37.3. The second kappa shape index (κ2) is 3.81. The van der Waals surface area contributed by atoms with E-state index in [0.29, 0.717) is 0 Å². The minimum absolute atomic E-state index is 0.136. The van der Waals surface area contributed by atoms with Crippen molar-refractivity contribution in [2.24, 2.45) is 0 Å². The summed E-state index contributed by atoms with van der Waals surface area (Å²) >= 11 is 0. The van der Waals surface area contributed by atoms with Crippen LogP contribution in [0.3, 0.4) is 0 Å². The first-order chi connectivity index (χ1) is 9.08. The Labute approximate surface area is 104 Å². The van der Waals surface area contributed by atoms with Crippen molar-refractivity contribution < 1.29 is 14.3 Å². The highest BCUT2D eigenvalue weighted by Crippen LogP contribution is 2.14. The molecule has 0 spiro atoms. The normalized spacial score (nSPS) is 10.9. The van der Waals surface area contributed by atoms with Crippen LogP contribution in [0.15, 0.2) is 44.3 Å². The number of nitrogens with one attached hydrogen (secondary N) is 1. The van der Waals surface area contributed by atoms with Crippen LogP contribution in [0.5, 0.6) is 0 Å². The number of benzene rings is 1. The van der Waals surface area contributed by atoms with Crippen molar-refractivity contribution in [2.75, 3.05) is 0 Å². The van der Waals surface area contributed by atoms with Crippen molar-refractivity contribution in [1.29, 1.82) is 0 Å². The predicted octanol–water partition coefficient (Wildman–Crippen LogP) is 1.33. The Morgan fingerprint density at radius 2 is 1.95 bits per heavy atom. The third kappa shape index (κ3) is 1.61. The van der Waals surface area contributed by atoms with Gasteiger partial charge < -0.3 is 14.5 Å². The number of pyridine rings is 1. The summed E-state index contributed by atoms with van der Waals surface area (Å²) in [5.41, 5.74) is -1.47. The molecule has 0 aliphatic heterocycles. The number of carbonyl (C=O) groups is 1. The van der Waals surface area contributed by atoms with Crippen LogP contribution in [0, 0.1) is 0 Å². The van der Waals surface area contributed by atoms with Gasteiger partial charge in [0.25, 0.3) is 0 Å². The summed E-state index contributed by atoms with van der Waals surface area (Å²) in [7, 11) is 0. The molecule has 0 amide bonds. The fourth-order valence-electron chi connectivity index (χ4n) is 1.91. The van der Waals surface area contributed by atoms with Crippen molar-refractivity contribution in [3.05, 3.63) is 56.5 Å². The number of H-pyrrole nitrogens is 1. The van der Waals surface area contributed by atoms with Gasteiger partial charge in [-0.2, -0.15) is 0 Å². The third-order valence-electron chi connectivity index (χ3n) is 2.79. The van der Waals surface area contributed by atoms with E-state index in [1.807, 2.05) is 0 Å². The van der Waals surface area contributed by atoms with Crippen LogP contribution >= 0.6 is 0 Å². The van der Waals surface area contributed by atoms with Gasteiger partial charge >= 0.3 is 5.97 Å². The van der Waals surface area contributed by atoms with Gasteiger partial charge in [0.1, 0.15) is 16.8 Å². The van der Waals surface area contributed by atoms with Gasteiger partial charge in [-0.05, 0) is 12.1 Å².